The highest BCUT2D eigenvalue weighted by Crippen LogP contribution is 2.20. The predicted octanol–water partition coefficient (Wildman–Crippen LogP) is 3.33. The molecule has 0 N–H and O–H groups in total. The molecule has 2 nitrogen and oxygen atoms in total. The number of halogens is 1. The van der Waals surface area contributed by atoms with E-state index in [0.717, 1.165) is 17.8 Å². The van der Waals surface area contributed by atoms with Crippen LogP contribution in [-0.2, 0) is 5.88 Å². The SMILES string of the molecule is Cc1cc(N(C)CC(C)C#N)ccc1CCl. The van der Waals surface area contributed by atoms with Crippen molar-refractivity contribution < 1.29 is 0 Å². The van der Waals surface area contributed by atoms with Gasteiger partial charge in [-0.25, -0.2) is 0 Å². The molecule has 0 aliphatic rings. The lowest BCUT2D eigenvalue weighted by Gasteiger charge is -2.21. The van der Waals surface area contributed by atoms with Gasteiger partial charge in [-0.1, -0.05) is 6.07 Å². The van der Waals surface area contributed by atoms with Crippen LogP contribution < -0.4 is 4.90 Å². The van der Waals surface area contributed by atoms with Gasteiger partial charge in [0.1, 0.15) is 0 Å². The Balaban J connectivity index is 2.81. The van der Waals surface area contributed by atoms with Crippen LogP contribution in [0.25, 0.3) is 0 Å². The molecule has 1 rings (SSSR count). The number of benzene rings is 1. The first-order valence-corrected chi connectivity index (χ1v) is 5.88. The number of hydrogen-bond acceptors (Lipinski definition) is 2. The number of rotatable bonds is 4. The Hall–Kier alpha value is -1.20. The molecule has 0 amide bonds. The number of anilines is 1. The normalized spacial score (nSPS) is 11.9. The van der Waals surface area contributed by atoms with Crippen LogP contribution in [0.3, 0.4) is 0 Å². The van der Waals surface area contributed by atoms with Crippen molar-refractivity contribution in [1.82, 2.24) is 0 Å². The molecule has 16 heavy (non-hydrogen) atoms. The van der Waals surface area contributed by atoms with E-state index in [-0.39, 0.29) is 5.92 Å². The summed E-state index contributed by atoms with van der Waals surface area (Å²) in [7, 11) is 2.00. The van der Waals surface area contributed by atoms with Crippen molar-refractivity contribution in [2.45, 2.75) is 19.7 Å². The molecule has 1 aromatic carbocycles. The van der Waals surface area contributed by atoms with Crippen LogP contribution in [0.15, 0.2) is 18.2 Å². The van der Waals surface area contributed by atoms with E-state index < -0.39 is 0 Å². The Morgan fingerprint density at radius 1 is 1.50 bits per heavy atom. The Morgan fingerprint density at radius 2 is 2.19 bits per heavy atom. The molecule has 1 aromatic rings. The molecular weight excluding hydrogens is 220 g/mol. The third-order valence-electron chi connectivity index (χ3n) is 2.68. The summed E-state index contributed by atoms with van der Waals surface area (Å²) in [5.74, 6) is 0.586. The van der Waals surface area contributed by atoms with Gasteiger partial charge in [-0.05, 0) is 37.1 Å². The van der Waals surface area contributed by atoms with Crippen molar-refractivity contribution in [1.29, 1.82) is 5.26 Å². The van der Waals surface area contributed by atoms with E-state index in [1.165, 1.54) is 5.56 Å². The second kappa shape index (κ2) is 5.77. The molecule has 0 aromatic heterocycles. The van der Waals surface area contributed by atoms with E-state index in [2.05, 4.69) is 30.0 Å². The van der Waals surface area contributed by atoms with Gasteiger partial charge in [-0.3, -0.25) is 0 Å². The van der Waals surface area contributed by atoms with Crippen LogP contribution in [0.2, 0.25) is 0 Å². The zero-order valence-corrected chi connectivity index (χ0v) is 10.8. The minimum absolute atomic E-state index is 0.0398. The Labute approximate surface area is 102 Å². The summed E-state index contributed by atoms with van der Waals surface area (Å²) < 4.78 is 0. The molecule has 0 fully saturated rings. The quantitative estimate of drug-likeness (QED) is 0.750. The summed E-state index contributed by atoms with van der Waals surface area (Å²) in [6, 6.07) is 8.45. The van der Waals surface area contributed by atoms with E-state index in [4.69, 9.17) is 16.9 Å². The second-order valence-corrected chi connectivity index (χ2v) is 4.42. The molecule has 86 valence electrons. The number of hydrogen-bond donors (Lipinski definition) is 0. The van der Waals surface area contributed by atoms with E-state index in [1.807, 2.05) is 20.0 Å². The molecule has 0 saturated carbocycles. The standard InChI is InChI=1S/C13H17ClN2/c1-10(8-15)9-16(3)13-5-4-12(7-14)11(2)6-13/h4-6,10H,7,9H2,1-3H3. The molecule has 0 spiro atoms. The van der Waals surface area contributed by atoms with Gasteiger partial charge in [-0.2, -0.15) is 5.26 Å². The van der Waals surface area contributed by atoms with Crippen LogP contribution in [-0.4, -0.2) is 13.6 Å². The van der Waals surface area contributed by atoms with Crippen molar-refractivity contribution >= 4 is 17.3 Å². The first kappa shape index (κ1) is 12.9. The van der Waals surface area contributed by atoms with Crippen molar-refractivity contribution in [3.05, 3.63) is 29.3 Å². The van der Waals surface area contributed by atoms with Crippen molar-refractivity contribution in [2.75, 3.05) is 18.5 Å². The lowest BCUT2D eigenvalue weighted by molar-refractivity contribution is 0.716. The molecule has 0 radical (unpaired) electrons. The maximum absolute atomic E-state index is 8.77. The summed E-state index contributed by atoms with van der Waals surface area (Å²) in [4.78, 5) is 2.10. The van der Waals surface area contributed by atoms with Gasteiger partial charge >= 0.3 is 0 Å². The van der Waals surface area contributed by atoms with E-state index >= 15 is 0 Å². The summed E-state index contributed by atoms with van der Waals surface area (Å²) in [6.07, 6.45) is 0. The summed E-state index contributed by atoms with van der Waals surface area (Å²) in [5, 5.41) is 8.77. The first-order valence-electron chi connectivity index (χ1n) is 5.34. The predicted molar refractivity (Wildman–Crippen MR) is 68.8 cm³/mol. The first-order chi connectivity index (χ1) is 7.58. The molecule has 0 saturated heterocycles. The Morgan fingerprint density at radius 3 is 2.69 bits per heavy atom. The zero-order chi connectivity index (χ0) is 12.1. The molecule has 3 heteroatoms. The molecule has 0 aliphatic carbocycles. The van der Waals surface area contributed by atoms with Gasteiger partial charge in [0.25, 0.3) is 0 Å². The van der Waals surface area contributed by atoms with Crippen LogP contribution >= 0.6 is 11.6 Å². The fourth-order valence-electron chi connectivity index (χ4n) is 1.62. The molecule has 1 unspecified atom stereocenters. The summed E-state index contributed by atoms with van der Waals surface area (Å²) >= 11 is 5.81. The monoisotopic (exact) mass is 236 g/mol. The third-order valence-corrected chi connectivity index (χ3v) is 2.97. The van der Waals surface area contributed by atoms with E-state index in [0.29, 0.717) is 5.88 Å². The zero-order valence-electron chi connectivity index (χ0n) is 10.00. The molecule has 1 atom stereocenters. The van der Waals surface area contributed by atoms with Gasteiger partial charge < -0.3 is 4.90 Å². The van der Waals surface area contributed by atoms with Gasteiger partial charge in [0.15, 0.2) is 0 Å². The fraction of sp³-hybridized carbons (Fsp3) is 0.462. The van der Waals surface area contributed by atoms with Crippen LogP contribution in [0.4, 0.5) is 5.69 Å². The molecular formula is C13H17ClN2. The van der Waals surface area contributed by atoms with Gasteiger partial charge in [0.2, 0.25) is 0 Å². The largest absolute Gasteiger partial charge is 0.373 e. The maximum Gasteiger partial charge on any atom is 0.0671 e. The summed E-state index contributed by atoms with van der Waals surface area (Å²) in [5.41, 5.74) is 3.49. The third kappa shape index (κ3) is 3.15. The molecule has 0 bridgehead atoms. The van der Waals surface area contributed by atoms with Crippen molar-refractivity contribution in [3.63, 3.8) is 0 Å². The van der Waals surface area contributed by atoms with Crippen LogP contribution in [0.1, 0.15) is 18.1 Å². The molecule has 0 heterocycles. The van der Waals surface area contributed by atoms with Crippen molar-refractivity contribution in [3.8, 4) is 6.07 Å². The van der Waals surface area contributed by atoms with Gasteiger partial charge in [0.05, 0.1) is 12.0 Å². The average molecular weight is 237 g/mol. The van der Waals surface area contributed by atoms with Crippen LogP contribution in [0, 0.1) is 24.2 Å². The maximum atomic E-state index is 8.77. The number of alkyl halides is 1. The highest BCUT2D eigenvalue weighted by Gasteiger charge is 2.07. The minimum Gasteiger partial charge on any atom is -0.373 e. The van der Waals surface area contributed by atoms with Gasteiger partial charge in [0, 0.05) is 25.2 Å². The smallest absolute Gasteiger partial charge is 0.0671 e. The Bertz CT molecular complexity index is 395. The second-order valence-electron chi connectivity index (χ2n) is 4.16. The van der Waals surface area contributed by atoms with E-state index in [9.17, 15) is 0 Å². The fourth-order valence-corrected chi connectivity index (χ4v) is 1.92. The van der Waals surface area contributed by atoms with Gasteiger partial charge in [-0.15, -0.1) is 11.6 Å². The minimum atomic E-state index is 0.0398. The lowest BCUT2D eigenvalue weighted by atomic mass is 10.1. The highest BCUT2D eigenvalue weighted by molar-refractivity contribution is 6.17. The number of aryl methyl sites for hydroxylation is 1. The van der Waals surface area contributed by atoms with Crippen molar-refractivity contribution in [2.24, 2.45) is 5.92 Å². The average Bonchev–Trinajstić information content (AvgIpc) is 2.28. The van der Waals surface area contributed by atoms with E-state index in [1.54, 1.807) is 0 Å². The molecule has 0 aliphatic heterocycles. The number of nitriles is 1. The topological polar surface area (TPSA) is 27.0 Å². The highest BCUT2D eigenvalue weighted by atomic mass is 35.5. The van der Waals surface area contributed by atoms with Crippen LogP contribution in [0.5, 0.6) is 0 Å². The number of nitrogens with zero attached hydrogens (tertiary/aromatic N) is 2. The lowest BCUT2D eigenvalue weighted by Crippen LogP contribution is -2.23. The summed E-state index contributed by atoms with van der Waals surface area (Å²) in [6.45, 7) is 4.73. The Kier molecular flexibility index (Phi) is 4.64.